The van der Waals surface area contributed by atoms with Gasteiger partial charge in [-0.1, -0.05) is 24.3 Å². The lowest BCUT2D eigenvalue weighted by Gasteiger charge is -2.05. The summed E-state index contributed by atoms with van der Waals surface area (Å²) in [6, 6.07) is 8.01. The summed E-state index contributed by atoms with van der Waals surface area (Å²) in [7, 11) is 0. The number of nitrogens with one attached hydrogen (secondary N) is 1. The fourth-order valence-corrected chi connectivity index (χ4v) is 3.02. The molecular formula is C17H17BrN6O3. The molecule has 2 heterocycles. The van der Waals surface area contributed by atoms with Crippen LogP contribution in [0.2, 0.25) is 0 Å². The summed E-state index contributed by atoms with van der Waals surface area (Å²) < 4.78 is 3.29. The van der Waals surface area contributed by atoms with Gasteiger partial charge in [-0.2, -0.15) is 9.78 Å². The van der Waals surface area contributed by atoms with Crippen LogP contribution < -0.4 is 5.32 Å². The summed E-state index contributed by atoms with van der Waals surface area (Å²) in [4.78, 5) is 22.6. The third kappa shape index (κ3) is 4.22. The summed E-state index contributed by atoms with van der Waals surface area (Å²) in [6.07, 6.45) is 3.29. The smallest absolute Gasteiger partial charge is 0.358 e. The quantitative estimate of drug-likeness (QED) is 0.475. The van der Waals surface area contributed by atoms with Crippen LogP contribution in [0, 0.1) is 24.0 Å². The number of aromatic nitrogens is 4. The van der Waals surface area contributed by atoms with Crippen LogP contribution in [-0.4, -0.2) is 30.4 Å². The maximum Gasteiger partial charge on any atom is 0.404 e. The second-order valence-corrected chi connectivity index (χ2v) is 6.83. The molecule has 1 amide bonds. The van der Waals surface area contributed by atoms with E-state index in [0.717, 1.165) is 5.56 Å². The monoisotopic (exact) mass is 432 g/mol. The highest BCUT2D eigenvalue weighted by atomic mass is 79.9. The van der Waals surface area contributed by atoms with Crippen molar-refractivity contribution in [3.8, 4) is 0 Å². The van der Waals surface area contributed by atoms with Gasteiger partial charge in [0.15, 0.2) is 0 Å². The number of amides is 1. The van der Waals surface area contributed by atoms with Crippen molar-refractivity contribution in [3.05, 3.63) is 68.1 Å². The van der Waals surface area contributed by atoms with Crippen LogP contribution in [-0.2, 0) is 17.9 Å². The number of hydrogen-bond donors (Lipinski definition) is 1. The highest BCUT2D eigenvalue weighted by molar-refractivity contribution is 9.10. The fourth-order valence-electron chi connectivity index (χ4n) is 2.59. The topological polar surface area (TPSA) is 108 Å². The van der Waals surface area contributed by atoms with Gasteiger partial charge in [0, 0.05) is 6.20 Å². The maximum atomic E-state index is 12.3. The average molecular weight is 433 g/mol. The molecule has 0 saturated carbocycles. The number of hydrogen-bond acceptors (Lipinski definition) is 5. The van der Waals surface area contributed by atoms with Gasteiger partial charge >= 0.3 is 5.82 Å². The predicted molar refractivity (Wildman–Crippen MR) is 102 cm³/mol. The summed E-state index contributed by atoms with van der Waals surface area (Å²) in [6.45, 7) is 4.14. The van der Waals surface area contributed by atoms with E-state index in [-0.39, 0.29) is 22.7 Å². The molecule has 140 valence electrons. The first-order valence-corrected chi connectivity index (χ1v) is 8.88. The fraction of sp³-hybridized carbons (Fsp3) is 0.235. The molecule has 0 fully saturated rings. The zero-order chi connectivity index (χ0) is 19.6. The lowest BCUT2D eigenvalue weighted by molar-refractivity contribution is -0.390. The standard InChI is InChI=1S/C17H17BrN6O3/c1-11-5-3-4-6-13(11)8-22-9-14(7-19-22)20-15(25)10-23-12(2)16(18)17(21-23)24(26)27/h3-7,9H,8,10H2,1-2H3,(H,20,25). The Balaban J connectivity index is 1.66. The van der Waals surface area contributed by atoms with Gasteiger partial charge in [-0.15, -0.1) is 0 Å². The van der Waals surface area contributed by atoms with Gasteiger partial charge in [0.2, 0.25) is 5.91 Å². The van der Waals surface area contributed by atoms with Crippen molar-refractivity contribution >= 4 is 33.3 Å². The Bertz CT molecular complexity index is 1010. The molecule has 3 aromatic rings. The van der Waals surface area contributed by atoms with Crippen molar-refractivity contribution in [2.24, 2.45) is 0 Å². The molecule has 0 spiro atoms. The van der Waals surface area contributed by atoms with Crippen molar-refractivity contribution in [1.82, 2.24) is 19.6 Å². The zero-order valence-corrected chi connectivity index (χ0v) is 16.3. The predicted octanol–water partition coefficient (Wildman–Crippen LogP) is 3.05. The van der Waals surface area contributed by atoms with Crippen LogP contribution in [0.15, 0.2) is 41.1 Å². The Labute approximate surface area is 163 Å². The van der Waals surface area contributed by atoms with Crippen LogP contribution in [0.25, 0.3) is 0 Å². The Hall–Kier alpha value is -3.01. The van der Waals surface area contributed by atoms with Crippen molar-refractivity contribution in [1.29, 1.82) is 0 Å². The van der Waals surface area contributed by atoms with Gasteiger partial charge in [-0.3, -0.25) is 9.48 Å². The highest BCUT2D eigenvalue weighted by Crippen LogP contribution is 2.26. The SMILES string of the molecule is Cc1ccccc1Cn1cc(NC(=O)Cn2nc([N+](=O)[O-])c(Br)c2C)cn1. The average Bonchev–Trinajstić information content (AvgIpc) is 3.16. The molecule has 0 aliphatic rings. The van der Waals surface area contributed by atoms with E-state index >= 15 is 0 Å². The molecule has 27 heavy (non-hydrogen) atoms. The van der Waals surface area contributed by atoms with Crippen molar-refractivity contribution in [3.63, 3.8) is 0 Å². The van der Waals surface area contributed by atoms with E-state index in [0.29, 0.717) is 17.9 Å². The number of nitro groups is 1. The molecule has 9 nitrogen and oxygen atoms in total. The van der Waals surface area contributed by atoms with Gasteiger partial charge in [-0.25, -0.2) is 0 Å². The molecule has 0 radical (unpaired) electrons. The zero-order valence-electron chi connectivity index (χ0n) is 14.7. The number of halogens is 1. The Morgan fingerprint density at radius 1 is 1.33 bits per heavy atom. The van der Waals surface area contributed by atoms with E-state index in [4.69, 9.17) is 0 Å². The number of rotatable bonds is 6. The van der Waals surface area contributed by atoms with E-state index in [1.165, 1.54) is 10.2 Å². The number of carbonyl (C=O) groups excluding carboxylic acids is 1. The second-order valence-electron chi connectivity index (χ2n) is 6.04. The molecule has 0 unspecified atom stereocenters. The minimum atomic E-state index is -0.596. The minimum Gasteiger partial charge on any atom is -0.358 e. The van der Waals surface area contributed by atoms with Crippen LogP contribution in [0.3, 0.4) is 0 Å². The molecule has 3 rings (SSSR count). The number of aryl methyl sites for hydroxylation is 1. The lowest BCUT2D eigenvalue weighted by atomic mass is 10.1. The van der Waals surface area contributed by atoms with E-state index in [2.05, 4.69) is 31.4 Å². The Morgan fingerprint density at radius 2 is 2.07 bits per heavy atom. The molecular weight excluding hydrogens is 416 g/mol. The van der Waals surface area contributed by atoms with Crippen LogP contribution in [0.1, 0.15) is 16.8 Å². The molecule has 1 N–H and O–H groups in total. The number of benzene rings is 1. The third-order valence-electron chi connectivity index (χ3n) is 4.09. The first-order chi connectivity index (χ1) is 12.8. The molecule has 10 heteroatoms. The molecule has 0 aliphatic carbocycles. The van der Waals surface area contributed by atoms with Crippen LogP contribution in [0.4, 0.5) is 11.5 Å². The summed E-state index contributed by atoms with van der Waals surface area (Å²) in [5.74, 6) is -0.662. The largest absolute Gasteiger partial charge is 0.404 e. The summed E-state index contributed by atoms with van der Waals surface area (Å²) >= 11 is 3.13. The molecule has 0 atom stereocenters. The van der Waals surface area contributed by atoms with Gasteiger partial charge in [-0.05, 0) is 45.8 Å². The molecule has 2 aromatic heterocycles. The normalized spacial score (nSPS) is 10.8. The van der Waals surface area contributed by atoms with Gasteiger partial charge in [0.25, 0.3) is 0 Å². The first-order valence-electron chi connectivity index (χ1n) is 8.09. The van der Waals surface area contributed by atoms with Gasteiger partial charge < -0.3 is 15.4 Å². The van der Waals surface area contributed by atoms with Gasteiger partial charge in [0.05, 0.1) is 29.2 Å². The van der Waals surface area contributed by atoms with Crippen LogP contribution in [0.5, 0.6) is 0 Å². The van der Waals surface area contributed by atoms with E-state index < -0.39 is 4.92 Å². The van der Waals surface area contributed by atoms with Crippen LogP contribution >= 0.6 is 15.9 Å². The van der Waals surface area contributed by atoms with Crippen molar-refractivity contribution < 1.29 is 9.72 Å². The number of anilines is 1. The molecule has 0 saturated heterocycles. The molecule has 1 aromatic carbocycles. The van der Waals surface area contributed by atoms with E-state index in [1.807, 2.05) is 31.2 Å². The minimum absolute atomic E-state index is 0.138. The highest BCUT2D eigenvalue weighted by Gasteiger charge is 2.24. The maximum absolute atomic E-state index is 12.3. The second kappa shape index (κ2) is 7.70. The molecule has 0 aliphatic heterocycles. The van der Waals surface area contributed by atoms with E-state index in [9.17, 15) is 14.9 Å². The van der Waals surface area contributed by atoms with Crippen molar-refractivity contribution in [2.45, 2.75) is 26.9 Å². The number of carbonyl (C=O) groups is 1. The molecule has 0 bridgehead atoms. The summed E-state index contributed by atoms with van der Waals surface area (Å²) in [5.41, 5.74) is 3.36. The Morgan fingerprint density at radius 3 is 2.74 bits per heavy atom. The summed E-state index contributed by atoms with van der Waals surface area (Å²) in [5, 5.41) is 21.8. The Kier molecular flexibility index (Phi) is 5.36. The third-order valence-corrected chi connectivity index (χ3v) is 5.02. The number of nitrogens with zero attached hydrogens (tertiary/aromatic N) is 5. The van der Waals surface area contributed by atoms with E-state index in [1.54, 1.807) is 24.0 Å². The lowest BCUT2D eigenvalue weighted by Crippen LogP contribution is -2.20. The first kappa shape index (κ1) is 18.8. The van der Waals surface area contributed by atoms with Gasteiger partial charge in [0.1, 0.15) is 11.0 Å². The van der Waals surface area contributed by atoms with Crippen molar-refractivity contribution in [2.75, 3.05) is 5.32 Å².